The number of amides is 1. The van der Waals surface area contributed by atoms with Gasteiger partial charge in [0.15, 0.2) is 5.78 Å². The molecule has 0 radical (unpaired) electrons. The third-order valence-electron chi connectivity index (χ3n) is 4.97. The molecule has 2 N–H and O–H groups in total. The molecule has 1 unspecified atom stereocenters. The quantitative estimate of drug-likeness (QED) is 0.743. The van der Waals surface area contributed by atoms with Crippen molar-refractivity contribution >= 4 is 24.1 Å². The summed E-state index contributed by atoms with van der Waals surface area (Å²) in [5, 5.41) is 6.38. The molecule has 144 valence electrons. The van der Waals surface area contributed by atoms with E-state index in [0.717, 1.165) is 25.1 Å². The van der Waals surface area contributed by atoms with E-state index in [0.29, 0.717) is 29.2 Å². The van der Waals surface area contributed by atoms with Crippen LogP contribution < -0.4 is 10.6 Å². The van der Waals surface area contributed by atoms with Gasteiger partial charge in [0, 0.05) is 17.7 Å². The van der Waals surface area contributed by atoms with Crippen molar-refractivity contribution in [2.24, 2.45) is 5.92 Å². The highest BCUT2D eigenvalue weighted by atomic mass is 35.5. The van der Waals surface area contributed by atoms with Crippen LogP contribution in [0.15, 0.2) is 48.5 Å². The first-order chi connectivity index (χ1) is 12.6. The smallest absolute Gasteiger partial charge is 0.252 e. The number of hydrogen-bond donors (Lipinski definition) is 2. The summed E-state index contributed by atoms with van der Waals surface area (Å²) in [6, 6.07) is 14.5. The second-order valence-corrected chi connectivity index (χ2v) is 7.00. The first-order valence-corrected chi connectivity index (χ1v) is 9.34. The maximum atomic E-state index is 12.8. The van der Waals surface area contributed by atoms with Gasteiger partial charge >= 0.3 is 0 Å². The van der Waals surface area contributed by atoms with Crippen LogP contribution in [0.2, 0.25) is 0 Å². The zero-order valence-corrected chi connectivity index (χ0v) is 16.5. The third kappa shape index (κ3) is 5.65. The molecule has 1 fully saturated rings. The van der Waals surface area contributed by atoms with Crippen LogP contribution in [0, 0.1) is 12.8 Å². The lowest BCUT2D eigenvalue weighted by Gasteiger charge is -2.22. The molecule has 1 aliphatic heterocycles. The van der Waals surface area contributed by atoms with Crippen LogP contribution in [0.25, 0.3) is 0 Å². The van der Waals surface area contributed by atoms with Crippen LogP contribution >= 0.6 is 12.4 Å². The second kappa shape index (κ2) is 10.2. The number of benzene rings is 2. The molecule has 0 spiro atoms. The van der Waals surface area contributed by atoms with Gasteiger partial charge in [0.1, 0.15) is 0 Å². The van der Waals surface area contributed by atoms with Crippen LogP contribution in [-0.4, -0.2) is 31.3 Å². The summed E-state index contributed by atoms with van der Waals surface area (Å²) in [5.74, 6) is 0.325. The molecule has 4 nitrogen and oxygen atoms in total. The number of hydrogen-bond acceptors (Lipinski definition) is 3. The molecular weight excluding hydrogens is 360 g/mol. The number of aryl methyl sites for hydroxylation is 1. The molecule has 2 aromatic rings. The lowest BCUT2D eigenvalue weighted by atomic mass is 9.95. The minimum Gasteiger partial charge on any atom is -0.352 e. The average molecular weight is 387 g/mol. The number of halogens is 1. The Bertz CT molecular complexity index is 768. The van der Waals surface area contributed by atoms with E-state index in [1.807, 2.05) is 31.2 Å². The summed E-state index contributed by atoms with van der Waals surface area (Å²) in [5.41, 5.74) is 2.60. The van der Waals surface area contributed by atoms with Crippen molar-refractivity contribution in [2.45, 2.75) is 26.2 Å². The molecule has 3 rings (SSSR count). The third-order valence-corrected chi connectivity index (χ3v) is 4.97. The topological polar surface area (TPSA) is 58.2 Å². The Balaban J connectivity index is 0.00000261. The predicted molar refractivity (Wildman–Crippen MR) is 111 cm³/mol. The van der Waals surface area contributed by atoms with E-state index in [1.54, 1.807) is 24.3 Å². The number of nitrogens with one attached hydrogen (secondary N) is 2. The van der Waals surface area contributed by atoms with Crippen molar-refractivity contribution in [2.75, 3.05) is 19.6 Å². The van der Waals surface area contributed by atoms with Crippen LogP contribution in [0.5, 0.6) is 0 Å². The zero-order chi connectivity index (χ0) is 18.4. The Kier molecular flexibility index (Phi) is 8.01. The van der Waals surface area contributed by atoms with Crippen LogP contribution in [0.1, 0.15) is 51.1 Å². The molecule has 0 saturated carbocycles. The standard InChI is InChI=1S/C22H26N2O2.ClH/c1-16-8-10-18(11-9-16)21(25)19-6-2-3-7-20(19)22(26)24-14-12-17-5-4-13-23-15-17;/h2-3,6-11,17,23H,4-5,12-15H2,1H3,(H,24,26);1H. The van der Waals surface area contributed by atoms with Crippen molar-refractivity contribution < 1.29 is 9.59 Å². The number of carbonyl (C=O) groups excluding carboxylic acids is 2. The van der Waals surface area contributed by atoms with Crippen molar-refractivity contribution in [3.63, 3.8) is 0 Å². The monoisotopic (exact) mass is 386 g/mol. The normalized spacial score (nSPS) is 16.3. The van der Waals surface area contributed by atoms with Gasteiger partial charge in [-0.2, -0.15) is 0 Å². The van der Waals surface area contributed by atoms with Gasteiger partial charge in [0.05, 0.1) is 5.56 Å². The molecule has 0 aliphatic carbocycles. The first kappa shape index (κ1) is 21.1. The molecule has 0 bridgehead atoms. The Morgan fingerprint density at radius 3 is 2.44 bits per heavy atom. The maximum absolute atomic E-state index is 12.8. The Morgan fingerprint density at radius 2 is 1.78 bits per heavy atom. The van der Waals surface area contributed by atoms with Crippen molar-refractivity contribution in [1.29, 1.82) is 0 Å². The molecular formula is C22H27ClN2O2. The summed E-state index contributed by atoms with van der Waals surface area (Å²) < 4.78 is 0. The molecule has 1 atom stereocenters. The molecule has 0 aromatic heterocycles. The van der Waals surface area contributed by atoms with Crippen LogP contribution in [0.4, 0.5) is 0 Å². The van der Waals surface area contributed by atoms with E-state index in [-0.39, 0.29) is 24.1 Å². The molecule has 2 aromatic carbocycles. The Hall–Kier alpha value is -2.17. The highest BCUT2D eigenvalue weighted by Gasteiger charge is 2.18. The number of carbonyl (C=O) groups is 2. The molecule has 27 heavy (non-hydrogen) atoms. The lowest BCUT2D eigenvalue weighted by Crippen LogP contribution is -2.33. The van der Waals surface area contributed by atoms with Crippen molar-refractivity contribution in [3.05, 3.63) is 70.8 Å². The minimum absolute atomic E-state index is 0. The van der Waals surface area contributed by atoms with Gasteiger partial charge in [-0.15, -0.1) is 12.4 Å². The lowest BCUT2D eigenvalue weighted by molar-refractivity contribution is 0.0939. The summed E-state index contributed by atoms with van der Waals surface area (Å²) in [7, 11) is 0. The van der Waals surface area contributed by atoms with Gasteiger partial charge in [0.25, 0.3) is 5.91 Å². The average Bonchev–Trinajstić information content (AvgIpc) is 2.69. The van der Waals surface area contributed by atoms with Crippen LogP contribution in [-0.2, 0) is 0 Å². The molecule has 1 amide bonds. The fourth-order valence-electron chi connectivity index (χ4n) is 3.39. The minimum atomic E-state index is -0.176. The fourth-order valence-corrected chi connectivity index (χ4v) is 3.39. The zero-order valence-electron chi connectivity index (χ0n) is 15.7. The summed E-state index contributed by atoms with van der Waals surface area (Å²) >= 11 is 0. The van der Waals surface area contributed by atoms with Crippen molar-refractivity contribution in [1.82, 2.24) is 10.6 Å². The Morgan fingerprint density at radius 1 is 1.07 bits per heavy atom. The highest BCUT2D eigenvalue weighted by molar-refractivity contribution is 6.15. The van der Waals surface area contributed by atoms with E-state index in [4.69, 9.17) is 0 Å². The molecule has 1 heterocycles. The predicted octanol–water partition coefficient (Wildman–Crippen LogP) is 3.77. The highest BCUT2D eigenvalue weighted by Crippen LogP contribution is 2.16. The van der Waals surface area contributed by atoms with Gasteiger partial charge in [-0.25, -0.2) is 0 Å². The molecule has 1 aliphatic rings. The number of piperidine rings is 1. The van der Waals surface area contributed by atoms with E-state index >= 15 is 0 Å². The Labute approximate surface area is 167 Å². The number of rotatable bonds is 6. The first-order valence-electron chi connectivity index (χ1n) is 9.34. The van der Waals surface area contributed by atoms with Gasteiger partial charge in [-0.1, -0.05) is 48.0 Å². The molecule has 1 saturated heterocycles. The summed E-state index contributed by atoms with van der Waals surface area (Å²) in [4.78, 5) is 25.4. The SMILES string of the molecule is Cc1ccc(C(=O)c2ccccc2C(=O)NCCC2CCCNC2)cc1.Cl. The van der Waals surface area contributed by atoms with E-state index in [2.05, 4.69) is 10.6 Å². The second-order valence-electron chi connectivity index (χ2n) is 7.00. The largest absolute Gasteiger partial charge is 0.352 e. The van der Waals surface area contributed by atoms with Crippen molar-refractivity contribution in [3.8, 4) is 0 Å². The van der Waals surface area contributed by atoms with Gasteiger partial charge in [-0.05, 0) is 51.3 Å². The van der Waals surface area contributed by atoms with Gasteiger partial charge in [-0.3, -0.25) is 9.59 Å². The van der Waals surface area contributed by atoms with Gasteiger partial charge in [0.2, 0.25) is 0 Å². The maximum Gasteiger partial charge on any atom is 0.252 e. The van der Waals surface area contributed by atoms with E-state index in [1.165, 1.54) is 12.8 Å². The van der Waals surface area contributed by atoms with E-state index < -0.39 is 0 Å². The van der Waals surface area contributed by atoms with E-state index in [9.17, 15) is 9.59 Å². The van der Waals surface area contributed by atoms with Crippen LogP contribution in [0.3, 0.4) is 0 Å². The summed E-state index contributed by atoms with van der Waals surface area (Å²) in [6.45, 7) is 4.74. The molecule has 5 heteroatoms. The number of ketones is 1. The van der Waals surface area contributed by atoms with Gasteiger partial charge < -0.3 is 10.6 Å². The summed E-state index contributed by atoms with van der Waals surface area (Å²) in [6.07, 6.45) is 3.38. The fraction of sp³-hybridized carbons (Fsp3) is 0.364.